The average Bonchev–Trinajstić information content (AvgIpc) is 3.09. The van der Waals surface area contributed by atoms with Crippen LogP contribution in [0.2, 0.25) is 5.02 Å². The van der Waals surface area contributed by atoms with Gasteiger partial charge in [0.15, 0.2) is 0 Å². The molecule has 5 nitrogen and oxygen atoms in total. The lowest BCUT2D eigenvalue weighted by Gasteiger charge is -2.13. The van der Waals surface area contributed by atoms with Crippen LogP contribution in [0.1, 0.15) is 11.4 Å². The second-order valence-electron chi connectivity index (χ2n) is 7.62. The second kappa shape index (κ2) is 9.23. The minimum atomic E-state index is -4.73. The van der Waals surface area contributed by atoms with E-state index in [0.29, 0.717) is 23.1 Å². The number of imidazole rings is 1. The van der Waals surface area contributed by atoms with Crippen LogP contribution in [-0.2, 0) is 13.2 Å². The Kier molecular flexibility index (Phi) is 6.37. The molecule has 0 aliphatic carbocycles. The number of nitrogens with zero attached hydrogens (tertiary/aromatic N) is 3. The van der Waals surface area contributed by atoms with Crippen molar-refractivity contribution in [1.82, 2.24) is 9.55 Å². The topological polar surface area (TPSA) is 39.5 Å². The average molecular weight is 476 g/mol. The molecule has 0 spiro atoms. The number of rotatable bonds is 7. The van der Waals surface area contributed by atoms with Crippen LogP contribution in [0.25, 0.3) is 11.0 Å². The number of fused-ring (bicyclic) bond motifs is 1. The van der Waals surface area contributed by atoms with Crippen LogP contribution < -0.4 is 14.4 Å². The molecule has 3 aromatic carbocycles. The van der Waals surface area contributed by atoms with E-state index in [1.165, 1.54) is 12.1 Å². The molecule has 0 atom stereocenters. The van der Waals surface area contributed by atoms with E-state index < -0.39 is 6.36 Å². The Morgan fingerprint density at radius 3 is 2.39 bits per heavy atom. The maximum Gasteiger partial charge on any atom is 0.573 e. The Morgan fingerprint density at radius 1 is 0.970 bits per heavy atom. The maximum absolute atomic E-state index is 12.5. The van der Waals surface area contributed by atoms with Gasteiger partial charge in [0.05, 0.1) is 11.0 Å². The van der Waals surface area contributed by atoms with Crippen molar-refractivity contribution >= 4 is 28.3 Å². The highest BCUT2D eigenvalue weighted by atomic mass is 35.5. The van der Waals surface area contributed by atoms with Crippen molar-refractivity contribution in [2.45, 2.75) is 19.5 Å². The van der Waals surface area contributed by atoms with Gasteiger partial charge in [0.1, 0.15) is 23.9 Å². The largest absolute Gasteiger partial charge is 0.573 e. The number of hydrogen-bond donors (Lipinski definition) is 0. The van der Waals surface area contributed by atoms with Crippen molar-refractivity contribution in [3.63, 3.8) is 0 Å². The summed E-state index contributed by atoms with van der Waals surface area (Å²) in [5.41, 5.74) is 3.48. The highest BCUT2D eigenvalue weighted by Gasteiger charge is 2.31. The number of ether oxygens (including phenoxy) is 2. The van der Waals surface area contributed by atoms with Crippen LogP contribution in [0.5, 0.6) is 11.5 Å². The molecule has 9 heteroatoms. The molecule has 0 N–H and O–H groups in total. The molecule has 1 aromatic heterocycles. The van der Waals surface area contributed by atoms with E-state index in [9.17, 15) is 13.2 Å². The fourth-order valence-corrected chi connectivity index (χ4v) is 3.60. The molecular weight excluding hydrogens is 455 g/mol. The highest BCUT2D eigenvalue weighted by molar-refractivity contribution is 6.30. The molecule has 0 amide bonds. The summed E-state index contributed by atoms with van der Waals surface area (Å²) < 4.78 is 49.2. The molecule has 0 bridgehead atoms. The first kappa shape index (κ1) is 22.8. The molecule has 172 valence electrons. The van der Waals surface area contributed by atoms with E-state index in [2.05, 4.69) is 4.74 Å². The molecule has 0 unspecified atom stereocenters. The van der Waals surface area contributed by atoms with Crippen molar-refractivity contribution in [3.8, 4) is 11.5 Å². The van der Waals surface area contributed by atoms with Gasteiger partial charge in [0, 0.05) is 31.4 Å². The van der Waals surface area contributed by atoms with E-state index in [1.807, 2.05) is 47.8 Å². The summed E-state index contributed by atoms with van der Waals surface area (Å²) in [7, 11) is 3.90. The normalized spacial score (nSPS) is 11.6. The number of alkyl halides is 3. The zero-order valence-electron chi connectivity index (χ0n) is 17.9. The van der Waals surface area contributed by atoms with Crippen LogP contribution in [0, 0.1) is 0 Å². The Labute approximate surface area is 193 Å². The number of hydrogen-bond acceptors (Lipinski definition) is 4. The third-order valence-electron chi connectivity index (χ3n) is 4.99. The van der Waals surface area contributed by atoms with E-state index in [0.717, 1.165) is 22.3 Å². The summed E-state index contributed by atoms with van der Waals surface area (Å²) in [4.78, 5) is 6.75. The van der Waals surface area contributed by atoms with E-state index in [-0.39, 0.29) is 12.4 Å². The lowest BCUT2D eigenvalue weighted by molar-refractivity contribution is -0.274. The zero-order valence-corrected chi connectivity index (χ0v) is 18.7. The van der Waals surface area contributed by atoms with Gasteiger partial charge in [-0.25, -0.2) is 4.98 Å². The fourth-order valence-electron chi connectivity index (χ4n) is 3.42. The number of anilines is 1. The molecule has 0 saturated carbocycles. The standard InChI is InChI=1S/C24H21ClF3N3O2/c1-30(2)18-8-11-22-21(13-18)29-23(15-32-20-5-3-4-17(25)12-20)31(22)14-16-6-9-19(10-7-16)33-24(26,27)28/h3-13H,14-15H2,1-2H3. The zero-order chi connectivity index (χ0) is 23.6. The first-order chi connectivity index (χ1) is 15.7. The van der Waals surface area contributed by atoms with Gasteiger partial charge in [0.2, 0.25) is 0 Å². The maximum atomic E-state index is 12.5. The van der Waals surface area contributed by atoms with Crippen LogP contribution >= 0.6 is 11.6 Å². The van der Waals surface area contributed by atoms with E-state index >= 15 is 0 Å². The predicted octanol–water partition coefficient (Wildman–Crippen LogP) is 6.28. The molecule has 4 rings (SSSR count). The molecule has 1 heterocycles. The van der Waals surface area contributed by atoms with Crippen LogP contribution in [0.4, 0.5) is 18.9 Å². The van der Waals surface area contributed by atoms with Gasteiger partial charge >= 0.3 is 6.36 Å². The second-order valence-corrected chi connectivity index (χ2v) is 8.06. The fraction of sp³-hybridized carbons (Fsp3) is 0.208. The molecule has 0 saturated heterocycles. The monoisotopic (exact) mass is 475 g/mol. The van der Waals surface area contributed by atoms with Gasteiger partial charge in [-0.3, -0.25) is 0 Å². The summed E-state index contributed by atoms with van der Waals surface area (Å²) in [6.07, 6.45) is -4.73. The Hall–Kier alpha value is -3.39. The number of aromatic nitrogens is 2. The van der Waals surface area contributed by atoms with Gasteiger partial charge in [0.25, 0.3) is 0 Å². The quantitative estimate of drug-likeness (QED) is 0.315. The van der Waals surface area contributed by atoms with Crippen LogP contribution in [0.15, 0.2) is 66.7 Å². The molecule has 0 aliphatic heterocycles. The van der Waals surface area contributed by atoms with Crippen molar-refractivity contribution < 1.29 is 22.6 Å². The summed E-state index contributed by atoms with van der Waals surface area (Å²) in [6.45, 7) is 0.597. The Balaban J connectivity index is 1.64. The van der Waals surface area contributed by atoms with Gasteiger partial charge in [-0.2, -0.15) is 0 Å². The highest BCUT2D eigenvalue weighted by Crippen LogP contribution is 2.26. The smallest absolute Gasteiger partial charge is 0.486 e. The summed E-state index contributed by atoms with van der Waals surface area (Å²) in [6, 6.07) is 18.8. The SMILES string of the molecule is CN(C)c1ccc2c(c1)nc(COc1cccc(Cl)c1)n2Cc1ccc(OC(F)(F)F)cc1. The van der Waals surface area contributed by atoms with Gasteiger partial charge in [-0.1, -0.05) is 29.8 Å². The van der Waals surface area contributed by atoms with Crippen LogP contribution in [-0.4, -0.2) is 30.0 Å². The minimum absolute atomic E-state index is 0.196. The lowest BCUT2D eigenvalue weighted by atomic mass is 10.2. The van der Waals surface area contributed by atoms with E-state index in [1.54, 1.807) is 30.3 Å². The summed E-state index contributed by atoms with van der Waals surface area (Å²) >= 11 is 6.04. The number of halogens is 4. The van der Waals surface area contributed by atoms with Crippen LogP contribution in [0.3, 0.4) is 0 Å². The first-order valence-electron chi connectivity index (χ1n) is 10.1. The minimum Gasteiger partial charge on any atom is -0.486 e. The molecule has 0 aliphatic rings. The van der Waals surface area contributed by atoms with Crippen molar-refractivity contribution in [2.24, 2.45) is 0 Å². The first-order valence-corrected chi connectivity index (χ1v) is 10.5. The summed E-state index contributed by atoms with van der Waals surface area (Å²) in [5.74, 6) is 1.03. The third-order valence-corrected chi connectivity index (χ3v) is 5.22. The third kappa shape index (κ3) is 5.70. The summed E-state index contributed by atoms with van der Waals surface area (Å²) in [5, 5.41) is 0.567. The van der Waals surface area contributed by atoms with E-state index in [4.69, 9.17) is 21.3 Å². The Morgan fingerprint density at radius 2 is 1.73 bits per heavy atom. The van der Waals surface area contributed by atoms with Crippen molar-refractivity contribution in [2.75, 3.05) is 19.0 Å². The van der Waals surface area contributed by atoms with Crippen molar-refractivity contribution in [3.05, 3.63) is 83.1 Å². The van der Waals surface area contributed by atoms with Crippen molar-refractivity contribution in [1.29, 1.82) is 0 Å². The molecule has 0 fully saturated rings. The molecule has 33 heavy (non-hydrogen) atoms. The van der Waals surface area contributed by atoms with Gasteiger partial charge in [-0.05, 0) is 54.1 Å². The molecule has 4 aromatic rings. The van der Waals surface area contributed by atoms with Gasteiger partial charge < -0.3 is 18.9 Å². The molecule has 0 radical (unpaired) electrons. The van der Waals surface area contributed by atoms with Gasteiger partial charge in [-0.15, -0.1) is 13.2 Å². The molecular formula is C24H21ClF3N3O2. The Bertz CT molecular complexity index is 1250. The predicted molar refractivity (Wildman–Crippen MR) is 122 cm³/mol. The lowest BCUT2D eigenvalue weighted by Crippen LogP contribution is -2.17. The number of benzene rings is 3.